The fourth-order valence-corrected chi connectivity index (χ4v) is 2.54. The highest BCUT2D eigenvalue weighted by Gasteiger charge is 2.30. The average Bonchev–Trinajstić information content (AvgIpc) is 3.05. The fourth-order valence-electron chi connectivity index (χ4n) is 2.54. The minimum atomic E-state index is -0.0770. The normalized spacial score (nSPS) is 22.9. The number of rotatable bonds is 0. The summed E-state index contributed by atoms with van der Waals surface area (Å²) >= 11 is 0. The molecule has 2 saturated heterocycles. The van der Waals surface area contributed by atoms with Gasteiger partial charge in [-0.05, 0) is 0 Å². The van der Waals surface area contributed by atoms with E-state index in [4.69, 9.17) is 9.47 Å². The molecule has 0 N–H and O–H groups in total. The maximum absolute atomic E-state index is 12.3. The van der Waals surface area contributed by atoms with E-state index in [9.17, 15) is 9.59 Å². The van der Waals surface area contributed by atoms with Gasteiger partial charge in [0.1, 0.15) is 6.67 Å². The van der Waals surface area contributed by atoms with Crippen molar-refractivity contribution >= 4 is 12.1 Å². The Balaban J connectivity index is 1.54. The minimum Gasteiger partial charge on any atom is -0.378 e. The molecule has 0 aromatic rings. The van der Waals surface area contributed by atoms with Gasteiger partial charge in [-0.2, -0.15) is 0 Å². The molecular weight excluding hydrogens is 276 g/mol. The Morgan fingerprint density at radius 2 is 1.10 bits per heavy atom. The number of morpholine rings is 2. The van der Waals surface area contributed by atoms with Crippen molar-refractivity contribution in [3.63, 3.8) is 0 Å². The lowest BCUT2D eigenvalue weighted by Gasteiger charge is -2.32. The highest BCUT2D eigenvalue weighted by Crippen LogP contribution is 2.14. The second kappa shape index (κ2) is 6.31. The molecule has 0 aliphatic carbocycles. The van der Waals surface area contributed by atoms with E-state index in [0.717, 1.165) is 0 Å². The molecule has 3 heterocycles. The van der Waals surface area contributed by atoms with Gasteiger partial charge in [0.2, 0.25) is 0 Å². The molecule has 0 bridgehead atoms. The highest BCUT2D eigenvalue weighted by atomic mass is 16.5. The highest BCUT2D eigenvalue weighted by molar-refractivity contribution is 5.80. The van der Waals surface area contributed by atoms with E-state index < -0.39 is 0 Å². The Morgan fingerprint density at radius 3 is 1.48 bits per heavy atom. The number of nitrogens with zero attached hydrogens (tertiary/aromatic N) is 4. The summed E-state index contributed by atoms with van der Waals surface area (Å²) in [6, 6.07) is -0.154. The zero-order chi connectivity index (χ0) is 14.7. The topological polar surface area (TPSA) is 65.6 Å². The van der Waals surface area contributed by atoms with Crippen LogP contribution in [0, 0.1) is 0 Å². The molecule has 0 atom stereocenters. The maximum atomic E-state index is 12.3. The Labute approximate surface area is 123 Å². The molecule has 21 heavy (non-hydrogen) atoms. The van der Waals surface area contributed by atoms with Crippen LogP contribution in [0.3, 0.4) is 0 Å². The van der Waals surface area contributed by atoms with Gasteiger partial charge in [-0.15, -0.1) is 0 Å². The van der Waals surface area contributed by atoms with Gasteiger partial charge in [-0.25, -0.2) is 9.59 Å². The van der Waals surface area contributed by atoms with Crippen LogP contribution in [0.1, 0.15) is 0 Å². The lowest BCUT2D eigenvalue weighted by molar-refractivity contribution is 0.0407. The van der Waals surface area contributed by atoms with E-state index in [1.54, 1.807) is 32.0 Å². The summed E-state index contributed by atoms with van der Waals surface area (Å²) in [4.78, 5) is 31.2. The molecule has 3 aliphatic heterocycles. The van der Waals surface area contributed by atoms with Crippen molar-refractivity contribution in [1.82, 2.24) is 19.6 Å². The Hall–Kier alpha value is -1.80. The molecule has 116 valence electrons. The minimum absolute atomic E-state index is 0.0770. The third-order valence-electron chi connectivity index (χ3n) is 3.79. The van der Waals surface area contributed by atoms with Gasteiger partial charge in [-0.3, -0.25) is 9.80 Å². The molecule has 0 radical (unpaired) electrons. The van der Waals surface area contributed by atoms with Gasteiger partial charge in [-0.1, -0.05) is 0 Å². The lowest BCUT2D eigenvalue weighted by atomic mass is 10.4. The smallest absolute Gasteiger partial charge is 0.325 e. The first-order valence-corrected chi connectivity index (χ1v) is 7.20. The number of carbonyl (C=O) groups excluding carboxylic acids is 2. The van der Waals surface area contributed by atoms with Crippen LogP contribution in [0.4, 0.5) is 9.59 Å². The Bertz CT molecular complexity index is 392. The molecule has 0 spiro atoms. The quantitative estimate of drug-likeness (QED) is 0.628. The summed E-state index contributed by atoms with van der Waals surface area (Å²) < 4.78 is 10.5. The van der Waals surface area contributed by atoms with Crippen LogP contribution < -0.4 is 0 Å². The van der Waals surface area contributed by atoms with Crippen molar-refractivity contribution in [3.05, 3.63) is 12.4 Å². The number of hydrogen-bond donors (Lipinski definition) is 0. The van der Waals surface area contributed by atoms with Gasteiger partial charge in [0, 0.05) is 38.6 Å². The van der Waals surface area contributed by atoms with Gasteiger partial charge < -0.3 is 19.3 Å². The molecule has 2 fully saturated rings. The van der Waals surface area contributed by atoms with Crippen LogP contribution in [-0.2, 0) is 9.47 Å². The van der Waals surface area contributed by atoms with Crippen molar-refractivity contribution in [1.29, 1.82) is 0 Å². The van der Waals surface area contributed by atoms with E-state index in [1.807, 2.05) is 0 Å². The summed E-state index contributed by atoms with van der Waals surface area (Å²) in [6.45, 7) is 4.94. The summed E-state index contributed by atoms with van der Waals surface area (Å²) in [5.41, 5.74) is 0. The van der Waals surface area contributed by atoms with Crippen molar-refractivity contribution < 1.29 is 19.1 Å². The van der Waals surface area contributed by atoms with Crippen LogP contribution in [0.2, 0.25) is 0 Å². The molecule has 0 aromatic heterocycles. The van der Waals surface area contributed by atoms with Crippen molar-refractivity contribution in [2.24, 2.45) is 0 Å². The second-order valence-corrected chi connectivity index (χ2v) is 5.14. The zero-order valence-electron chi connectivity index (χ0n) is 11.9. The third-order valence-corrected chi connectivity index (χ3v) is 3.79. The molecule has 8 heteroatoms. The number of ether oxygens (including phenoxy) is 2. The monoisotopic (exact) mass is 296 g/mol. The molecule has 3 aliphatic rings. The van der Waals surface area contributed by atoms with Crippen LogP contribution in [0.15, 0.2) is 12.4 Å². The second-order valence-electron chi connectivity index (χ2n) is 5.14. The molecule has 3 rings (SSSR count). The summed E-state index contributed by atoms with van der Waals surface area (Å²) in [7, 11) is 0. The lowest BCUT2D eigenvalue weighted by Crippen LogP contribution is -2.50. The van der Waals surface area contributed by atoms with Crippen LogP contribution in [-0.4, -0.2) is 90.9 Å². The van der Waals surface area contributed by atoms with Crippen molar-refractivity contribution in [3.8, 4) is 0 Å². The van der Waals surface area contributed by atoms with Gasteiger partial charge >= 0.3 is 12.1 Å². The van der Waals surface area contributed by atoms with Crippen LogP contribution in [0.5, 0.6) is 0 Å². The van der Waals surface area contributed by atoms with E-state index in [2.05, 4.69) is 0 Å². The fraction of sp³-hybridized carbons (Fsp3) is 0.692. The first kappa shape index (κ1) is 14.2. The van der Waals surface area contributed by atoms with Crippen LogP contribution >= 0.6 is 0 Å². The molecule has 0 aromatic carbocycles. The first-order valence-electron chi connectivity index (χ1n) is 7.20. The molecule has 0 saturated carbocycles. The molecule has 0 unspecified atom stereocenters. The van der Waals surface area contributed by atoms with Crippen molar-refractivity contribution in [2.75, 3.05) is 59.3 Å². The van der Waals surface area contributed by atoms with E-state index in [-0.39, 0.29) is 18.7 Å². The van der Waals surface area contributed by atoms with E-state index in [1.165, 1.54) is 0 Å². The Morgan fingerprint density at radius 1 is 0.714 bits per heavy atom. The largest absolute Gasteiger partial charge is 0.378 e. The Kier molecular flexibility index (Phi) is 4.26. The average molecular weight is 296 g/mol. The van der Waals surface area contributed by atoms with Crippen molar-refractivity contribution in [2.45, 2.75) is 0 Å². The summed E-state index contributed by atoms with van der Waals surface area (Å²) in [6.07, 6.45) is 3.33. The predicted octanol–water partition coefficient (Wildman–Crippen LogP) is -0.0629. The van der Waals surface area contributed by atoms with E-state index in [0.29, 0.717) is 52.6 Å². The standard InChI is InChI=1S/C13H20N4O4/c18-12(14-3-7-20-8-4-14)16-1-2-17(11-16)13(19)15-5-9-21-10-6-15/h1-2H,3-11H2. The van der Waals surface area contributed by atoms with Gasteiger partial charge in [0.15, 0.2) is 0 Å². The number of amides is 4. The molecule has 8 nitrogen and oxygen atoms in total. The first-order chi connectivity index (χ1) is 10.3. The maximum Gasteiger partial charge on any atom is 0.325 e. The number of carbonyl (C=O) groups is 2. The summed E-state index contributed by atoms with van der Waals surface area (Å²) in [5.74, 6) is 0. The third kappa shape index (κ3) is 3.11. The SMILES string of the molecule is O=C(N1C=CN(C(=O)N2CCOCC2)C1)N1CCOCC1. The molecular formula is C13H20N4O4. The number of urea groups is 2. The van der Waals surface area contributed by atoms with Gasteiger partial charge in [0.05, 0.1) is 26.4 Å². The molecule has 4 amide bonds. The van der Waals surface area contributed by atoms with E-state index >= 15 is 0 Å². The van der Waals surface area contributed by atoms with Gasteiger partial charge in [0.25, 0.3) is 0 Å². The predicted molar refractivity (Wildman–Crippen MR) is 73.3 cm³/mol. The summed E-state index contributed by atoms with van der Waals surface area (Å²) in [5, 5.41) is 0. The van der Waals surface area contributed by atoms with Crippen LogP contribution in [0.25, 0.3) is 0 Å². The zero-order valence-corrected chi connectivity index (χ0v) is 11.9. The number of hydrogen-bond acceptors (Lipinski definition) is 4.